The molecule has 2 atom stereocenters. The third-order valence-corrected chi connectivity index (χ3v) is 4.13. The number of para-hydroxylation sites is 1. The molecule has 0 aromatic heterocycles. The summed E-state index contributed by atoms with van der Waals surface area (Å²) in [6.45, 7) is 0. The lowest BCUT2D eigenvalue weighted by atomic mass is 10.1. The van der Waals surface area contributed by atoms with Gasteiger partial charge in [0.05, 0.1) is 17.7 Å². The number of benzene rings is 2. The highest BCUT2D eigenvalue weighted by Crippen LogP contribution is 2.44. The first-order valence-corrected chi connectivity index (χ1v) is 7.36. The largest absolute Gasteiger partial charge is 0.496 e. The van der Waals surface area contributed by atoms with Gasteiger partial charge in [-0.15, -0.1) is 0 Å². The molecular formula is C17H15ClFNO2. The van der Waals surface area contributed by atoms with E-state index in [1.54, 1.807) is 7.11 Å². The number of amides is 1. The predicted molar refractivity (Wildman–Crippen MR) is 83.0 cm³/mol. The van der Waals surface area contributed by atoms with E-state index in [2.05, 4.69) is 5.32 Å². The van der Waals surface area contributed by atoms with Crippen LogP contribution in [-0.2, 0) is 0 Å². The van der Waals surface area contributed by atoms with Gasteiger partial charge >= 0.3 is 0 Å². The molecule has 0 unspecified atom stereocenters. The molecule has 0 aliphatic heterocycles. The van der Waals surface area contributed by atoms with Crippen molar-refractivity contribution in [3.05, 3.63) is 64.4 Å². The van der Waals surface area contributed by atoms with Crippen LogP contribution < -0.4 is 10.1 Å². The van der Waals surface area contributed by atoms with E-state index in [1.165, 1.54) is 12.1 Å². The second-order valence-corrected chi connectivity index (χ2v) is 5.70. The van der Waals surface area contributed by atoms with Crippen LogP contribution in [0.25, 0.3) is 0 Å². The maximum absolute atomic E-state index is 13.0. The zero-order valence-electron chi connectivity index (χ0n) is 12.0. The molecular weight excluding hydrogens is 305 g/mol. The van der Waals surface area contributed by atoms with Crippen molar-refractivity contribution in [1.29, 1.82) is 0 Å². The molecule has 2 aromatic carbocycles. The minimum atomic E-state index is -0.458. The number of ether oxygens (including phenoxy) is 1. The van der Waals surface area contributed by atoms with Crippen molar-refractivity contribution in [3.8, 4) is 5.75 Å². The molecule has 1 saturated carbocycles. The second kappa shape index (κ2) is 5.97. The van der Waals surface area contributed by atoms with Gasteiger partial charge in [-0.1, -0.05) is 29.8 Å². The Morgan fingerprint density at radius 1 is 1.32 bits per heavy atom. The van der Waals surface area contributed by atoms with Gasteiger partial charge in [0.1, 0.15) is 11.6 Å². The molecule has 0 bridgehead atoms. The van der Waals surface area contributed by atoms with Crippen molar-refractivity contribution in [2.45, 2.75) is 18.4 Å². The quantitative estimate of drug-likeness (QED) is 0.931. The summed E-state index contributed by atoms with van der Waals surface area (Å²) in [6, 6.07) is 11.6. The second-order valence-electron chi connectivity index (χ2n) is 5.29. The minimum Gasteiger partial charge on any atom is -0.496 e. The molecule has 114 valence electrons. The van der Waals surface area contributed by atoms with Crippen LogP contribution in [0.1, 0.15) is 28.3 Å². The highest BCUT2D eigenvalue weighted by atomic mass is 35.5. The molecule has 0 heterocycles. The summed E-state index contributed by atoms with van der Waals surface area (Å²) in [5.41, 5.74) is 1.37. The van der Waals surface area contributed by atoms with Gasteiger partial charge in [-0.3, -0.25) is 4.79 Å². The molecule has 1 aliphatic carbocycles. The van der Waals surface area contributed by atoms with Gasteiger partial charge < -0.3 is 10.1 Å². The van der Waals surface area contributed by atoms with E-state index in [1.807, 2.05) is 24.3 Å². The fourth-order valence-electron chi connectivity index (χ4n) is 2.59. The van der Waals surface area contributed by atoms with Gasteiger partial charge in [-0.05, 0) is 36.2 Å². The number of halogens is 2. The van der Waals surface area contributed by atoms with Crippen LogP contribution in [0, 0.1) is 5.82 Å². The van der Waals surface area contributed by atoms with Gasteiger partial charge in [0.2, 0.25) is 0 Å². The van der Waals surface area contributed by atoms with E-state index in [0.717, 1.165) is 23.8 Å². The lowest BCUT2D eigenvalue weighted by Gasteiger charge is -2.09. The summed E-state index contributed by atoms with van der Waals surface area (Å²) in [7, 11) is 1.63. The Bertz CT molecular complexity index is 720. The average Bonchev–Trinajstić information content (AvgIpc) is 3.26. The number of hydrogen-bond acceptors (Lipinski definition) is 2. The van der Waals surface area contributed by atoms with Crippen molar-refractivity contribution in [2.75, 3.05) is 7.11 Å². The van der Waals surface area contributed by atoms with Gasteiger partial charge in [-0.2, -0.15) is 0 Å². The van der Waals surface area contributed by atoms with Gasteiger partial charge in [-0.25, -0.2) is 4.39 Å². The van der Waals surface area contributed by atoms with E-state index >= 15 is 0 Å². The smallest absolute Gasteiger partial charge is 0.253 e. The first-order chi connectivity index (χ1) is 10.6. The number of carbonyl (C=O) groups is 1. The van der Waals surface area contributed by atoms with Gasteiger partial charge in [0.15, 0.2) is 0 Å². The van der Waals surface area contributed by atoms with Crippen LogP contribution in [0.5, 0.6) is 5.75 Å². The SMILES string of the molecule is COc1ccccc1[C@H]1C[C@H]1NC(=O)c1ccc(F)cc1Cl. The lowest BCUT2D eigenvalue weighted by Crippen LogP contribution is -2.26. The highest BCUT2D eigenvalue weighted by Gasteiger charge is 2.41. The van der Waals surface area contributed by atoms with Crippen LogP contribution in [0.3, 0.4) is 0 Å². The Balaban J connectivity index is 1.69. The summed E-state index contributed by atoms with van der Waals surface area (Å²) in [5, 5.41) is 3.05. The Labute approximate surface area is 133 Å². The summed E-state index contributed by atoms with van der Waals surface area (Å²) in [5.74, 6) is 0.315. The van der Waals surface area contributed by atoms with Crippen molar-refractivity contribution >= 4 is 17.5 Å². The van der Waals surface area contributed by atoms with Crippen LogP contribution in [0.15, 0.2) is 42.5 Å². The molecule has 1 amide bonds. The summed E-state index contributed by atoms with van der Waals surface area (Å²) in [4.78, 5) is 12.2. The highest BCUT2D eigenvalue weighted by molar-refractivity contribution is 6.33. The maximum atomic E-state index is 13.0. The zero-order valence-corrected chi connectivity index (χ0v) is 12.7. The molecule has 1 fully saturated rings. The molecule has 0 radical (unpaired) electrons. The summed E-state index contributed by atoms with van der Waals surface area (Å²) < 4.78 is 18.4. The predicted octanol–water partition coefficient (Wildman–Crippen LogP) is 3.77. The first-order valence-electron chi connectivity index (χ1n) is 6.99. The average molecular weight is 320 g/mol. The van der Waals surface area contributed by atoms with Crippen LogP contribution >= 0.6 is 11.6 Å². The Morgan fingerprint density at radius 3 is 2.82 bits per heavy atom. The molecule has 2 aromatic rings. The van der Waals surface area contributed by atoms with E-state index in [-0.39, 0.29) is 28.5 Å². The number of hydrogen-bond donors (Lipinski definition) is 1. The van der Waals surface area contributed by atoms with E-state index in [0.29, 0.717) is 0 Å². The number of nitrogens with one attached hydrogen (secondary N) is 1. The minimum absolute atomic E-state index is 0.0462. The van der Waals surface area contributed by atoms with E-state index in [9.17, 15) is 9.18 Å². The molecule has 1 aliphatic rings. The third-order valence-electron chi connectivity index (χ3n) is 3.82. The van der Waals surface area contributed by atoms with Crippen molar-refractivity contribution in [1.82, 2.24) is 5.32 Å². The summed E-state index contributed by atoms with van der Waals surface area (Å²) in [6.07, 6.45) is 0.852. The monoisotopic (exact) mass is 319 g/mol. The van der Waals surface area contributed by atoms with Crippen molar-refractivity contribution < 1.29 is 13.9 Å². The lowest BCUT2D eigenvalue weighted by molar-refractivity contribution is 0.0950. The fourth-order valence-corrected chi connectivity index (χ4v) is 2.84. The fraction of sp³-hybridized carbons (Fsp3) is 0.235. The maximum Gasteiger partial charge on any atom is 0.253 e. The normalized spacial score (nSPS) is 19.6. The topological polar surface area (TPSA) is 38.3 Å². The molecule has 3 nitrogen and oxygen atoms in total. The van der Waals surface area contributed by atoms with Crippen LogP contribution in [-0.4, -0.2) is 19.1 Å². The van der Waals surface area contributed by atoms with Crippen LogP contribution in [0.2, 0.25) is 5.02 Å². The molecule has 3 rings (SSSR count). The van der Waals surface area contributed by atoms with Gasteiger partial charge in [0.25, 0.3) is 5.91 Å². The van der Waals surface area contributed by atoms with Crippen molar-refractivity contribution in [3.63, 3.8) is 0 Å². The Hall–Kier alpha value is -2.07. The molecule has 5 heteroatoms. The molecule has 22 heavy (non-hydrogen) atoms. The Morgan fingerprint density at radius 2 is 2.09 bits per heavy atom. The van der Waals surface area contributed by atoms with E-state index < -0.39 is 5.82 Å². The van der Waals surface area contributed by atoms with E-state index in [4.69, 9.17) is 16.3 Å². The van der Waals surface area contributed by atoms with Crippen molar-refractivity contribution in [2.24, 2.45) is 0 Å². The third kappa shape index (κ3) is 2.92. The first kappa shape index (κ1) is 14.9. The summed E-state index contributed by atoms with van der Waals surface area (Å²) >= 11 is 5.91. The zero-order chi connectivity index (χ0) is 15.7. The van der Waals surface area contributed by atoms with Crippen LogP contribution in [0.4, 0.5) is 4.39 Å². The number of carbonyl (C=O) groups excluding carboxylic acids is 1. The van der Waals surface area contributed by atoms with Gasteiger partial charge in [0, 0.05) is 12.0 Å². The Kier molecular flexibility index (Phi) is 4.03. The molecule has 1 N–H and O–H groups in total. The molecule has 0 spiro atoms. The molecule has 0 saturated heterocycles. The number of methoxy groups -OCH3 is 1. The number of rotatable bonds is 4. The standard InChI is InChI=1S/C17H15ClFNO2/c1-22-16-5-3-2-4-11(16)13-9-15(13)20-17(21)12-7-6-10(19)8-14(12)18/h2-8,13,15H,9H2,1H3,(H,20,21)/t13-,15-/m1/s1.